The fourth-order valence-electron chi connectivity index (χ4n) is 1.83. The molecule has 1 aromatic rings. The van der Waals surface area contributed by atoms with Gasteiger partial charge in [-0.05, 0) is 26.0 Å². The first kappa shape index (κ1) is 10.4. The average molecular weight is 213 g/mol. The van der Waals surface area contributed by atoms with Gasteiger partial charge in [0.2, 0.25) is 0 Å². The zero-order valence-electron chi connectivity index (χ0n) is 9.15. The molecule has 0 fully saturated rings. The fraction of sp³-hybridized carbons (Fsp3) is 0.231. The summed E-state index contributed by atoms with van der Waals surface area (Å²) < 4.78 is 0. The number of hydrogen-bond acceptors (Lipinski definition) is 2. The van der Waals surface area contributed by atoms with Crippen molar-refractivity contribution in [1.82, 2.24) is 4.90 Å². The van der Waals surface area contributed by atoms with Gasteiger partial charge in [0, 0.05) is 0 Å². The van der Waals surface area contributed by atoms with Crippen LogP contribution >= 0.6 is 0 Å². The molecule has 1 heterocycles. The Morgan fingerprint density at radius 2 is 1.62 bits per heavy atom. The van der Waals surface area contributed by atoms with E-state index in [9.17, 15) is 9.59 Å². The first-order valence-electron chi connectivity index (χ1n) is 5.06. The minimum Gasteiger partial charge on any atom is -0.269 e. The topological polar surface area (TPSA) is 37.4 Å². The smallest absolute Gasteiger partial charge is 0.262 e. The largest absolute Gasteiger partial charge is 0.269 e. The summed E-state index contributed by atoms with van der Waals surface area (Å²) in [5.41, 5.74) is 0.939. The SMILES string of the molecule is CC#C[C@@H](C)N1C(=O)c2ccccc2C1=O. The maximum absolute atomic E-state index is 12.0. The highest BCUT2D eigenvalue weighted by atomic mass is 16.2. The molecule has 16 heavy (non-hydrogen) atoms. The first-order valence-corrected chi connectivity index (χ1v) is 5.06. The molecule has 0 radical (unpaired) electrons. The Labute approximate surface area is 94.1 Å². The highest BCUT2D eigenvalue weighted by molar-refractivity contribution is 6.21. The lowest BCUT2D eigenvalue weighted by Gasteiger charge is -2.17. The number of nitrogens with zero attached hydrogens (tertiary/aromatic N) is 1. The van der Waals surface area contributed by atoms with Crippen LogP contribution in [-0.4, -0.2) is 22.8 Å². The summed E-state index contributed by atoms with van der Waals surface area (Å²) in [6, 6.07) is 6.47. The Hall–Kier alpha value is -2.08. The summed E-state index contributed by atoms with van der Waals surface area (Å²) >= 11 is 0. The summed E-state index contributed by atoms with van der Waals surface area (Å²) in [6.07, 6.45) is 0. The van der Waals surface area contributed by atoms with Gasteiger partial charge in [-0.15, -0.1) is 5.92 Å². The van der Waals surface area contributed by atoms with E-state index in [1.54, 1.807) is 38.1 Å². The van der Waals surface area contributed by atoms with E-state index in [4.69, 9.17) is 0 Å². The lowest BCUT2D eigenvalue weighted by atomic mass is 10.1. The third kappa shape index (κ3) is 1.40. The second-order valence-corrected chi connectivity index (χ2v) is 3.60. The van der Waals surface area contributed by atoms with Crippen molar-refractivity contribution in [3.05, 3.63) is 35.4 Å². The molecule has 0 unspecified atom stereocenters. The van der Waals surface area contributed by atoms with Gasteiger partial charge in [-0.1, -0.05) is 18.1 Å². The molecule has 1 atom stereocenters. The Morgan fingerprint density at radius 3 is 2.06 bits per heavy atom. The standard InChI is InChI=1S/C13H11NO2/c1-3-6-9(2)14-12(15)10-7-4-5-8-11(10)13(14)16/h4-5,7-9H,1-2H3/t9-/m1/s1. The zero-order valence-corrected chi connectivity index (χ0v) is 9.15. The monoisotopic (exact) mass is 213 g/mol. The number of imide groups is 1. The number of benzene rings is 1. The van der Waals surface area contributed by atoms with Crippen molar-refractivity contribution < 1.29 is 9.59 Å². The van der Waals surface area contributed by atoms with Gasteiger partial charge in [0.05, 0.1) is 17.2 Å². The van der Waals surface area contributed by atoms with Gasteiger partial charge in [-0.2, -0.15) is 0 Å². The molecule has 1 aromatic carbocycles. The van der Waals surface area contributed by atoms with Crippen molar-refractivity contribution in [3.63, 3.8) is 0 Å². The van der Waals surface area contributed by atoms with Crippen LogP contribution in [0.2, 0.25) is 0 Å². The minimum absolute atomic E-state index is 0.254. The van der Waals surface area contributed by atoms with Crippen LogP contribution in [0, 0.1) is 11.8 Å². The molecule has 3 heteroatoms. The molecule has 0 aromatic heterocycles. The fourth-order valence-corrected chi connectivity index (χ4v) is 1.83. The second kappa shape index (κ2) is 3.82. The molecule has 0 spiro atoms. The van der Waals surface area contributed by atoms with Crippen LogP contribution in [0.15, 0.2) is 24.3 Å². The van der Waals surface area contributed by atoms with Crippen molar-refractivity contribution in [3.8, 4) is 11.8 Å². The van der Waals surface area contributed by atoms with Crippen LogP contribution in [0.25, 0.3) is 0 Å². The number of carbonyl (C=O) groups is 2. The summed E-state index contributed by atoms with van der Waals surface area (Å²) in [4.78, 5) is 25.1. The lowest BCUT2D eigenvalue weighted by Crippen LogP contribution is -2.37. The first-order chi connectivity index (χ1) is 7.66. The number of amides is 2. The summed E-state index contributed by atoms with van der Waals surface area (Å²) in [7, 11) is 0. The summed E-state index contributed by atoms with van der Waals surface area (Å²) in [6.45, 7) is 3.44. The number of carbonyl (C=O) groups excluding carboxylic acids is 2. The van der Waals surface area contributed by atoms with E-state index in [-0.39, 0.29) is 17.9 Å². The van der Waals surface area contributed by atoms with Gasteiger partial charge < -0.3 is 0 Å². The van der Waals surface area contributed by atoms with E-state index in [0.29, 0.717) is 11.1 Å². The number of rotatable bonds is 1. The second-order valence-electron chi connectivity index (χ2n) is 3.60. The third-order valence-electron chi connectivity index (χ3n) is 2.57. The van der Waals surface area contributed by atoms with E-state index in [1.807, 2.05) is 0 Å². The molecule has 0 N–H and O–H groups in total. The van der Waals surface area contributed by atoms with Crippen molar-refractivity contribution in [2.75, 3.05) is 0 Å². The molecule has 1 aliphatic heterocycles. The predicted octanol–water partition coefficient (Wildman–Crippen LogP) is 1.69. The highest BCUT2D eigenvalue weighted by Gasteiger charge is 2.37. The van der Waals surface area contributed by atoms with Crippen molar-refractivity contribution >= 4 is 11.8 Å². The van der Waals surface area contributed by atoms with E-state index in [2.05, 4.69) is 11.8 Å². The predicted molar refractivity (Wildman–Crippen MR) is 59.9 cm³/mol. The van der Waals surface area contributed by atoms with Crippen LogP contribution in [0.1, 0.15) is 34.6 Å². The van der Waals surface area contributed by atoms with Crippen molar-refractivity contribution in [2.45, 2.75) is 19.9 Å². The number of fused-ring (bicyclic) bond motifs is 1. The third-order valence-corrected chi connectivity index (χ3v) is 2.57. The van der Waals surface area contributed by atoms with Crippen molar-refractivity contribution in [1.29, 1.82) is 0 Å². The Balaban J connectivity index is 2.45. The quantitative estimate of drug-likeness (QED) is 0.526. The molecule has 1 aliphatic rings. The molecule has 0 saturated heterocycles. The highest BCUT2D eigenvalue weighted by Crippen LogP contribution is 2.23. The zero-order chi connectivity index (χ0) is 11.7. The van der Waals surface area contributed by atoms with Gasteiger partial charge in [0.15, 0.2) is 0 Å². The van der Waals surface area contributed by atoms with Gasteiger partial charge in [0.25, 0.3) is 11.8 Å². The Kier molecular flexibility index (Phi) is 2.49. The Bertz CT molecular complexity index is 487. The van der Waals surface area contributed by atoms with Gasteiger partial charge in [0.1, 0.15) is 0 Å². The average Bonchev–Trinajstić information content (AvgIpc) is 2.53. The van der Waals surface area contributed by atoms with Crippen LogP contribution in [0.3, 0.4) is 0 Å². The van der Waals surface area contributed by atoms with Crippen LogP contribution < -0.4 is 0 Å². The summed E-state index contributed by atoms with van der Waals surface area (Å²) in [5.74, 6) is 5.03. The van der Waals surface area contributed by atoms with E-state index < -0.39 is 0 Å². The van der Waals surface area contributed by atoms with Gasteiger partial charge >= 0.3 is 0 Å². The Morgan fingerprint density at radius 1 is 1.12 bits per heavy atom. The van der Waals surface area contributed by atoms with E-state index in [1.165, 1.54) is 4.90 Å². The lowest BCUT2D eigenvalue weighted by molar-refractivity contribution is 0.0630. The molecule has 0 bridgehead atoms. The molecular formula is C13H11NO2. The molecule has 3 nitrogen and oxygen atoms in total. The van der Waals surface area contributed by atoms with Crippen LogP contribution in [-0.2, 0) is 0 Å². The molecule has 0 saturated carbocycles. The van der Waals surface area contributed by atoms with Gasteiger partial charge in [-0.25, -0.2) is 0 Å². The maximum atomic E-state index is 12.0. The maximum Gasteiger partial charge on any atom is 0.262 e. The number of hydrogen-bond donors (Lipinski definition) is 0. The molecular weight excluding hydrogens is 202 g/mol. The van der Waals surface area contributed by atoms with E-state index in [0.717, 1.165) is 0 Å². The van der Waals surface area contributed by atoms with Crippen LogP contribution in [0.5, 0.6) is 0 Å². The summed E-state index contributed by atoms with van der Waals surface area (Å²) in [5, 5.41) is 0. The molecule has 2 rings (SSSR count). The van der Waals surface area contributed by atoms with Crippen LogP contribution in [0.4, 0.5) is 0 Å². The van der Waals surface area contributed by atoms with Gasteiger partial charge in [-0.3, -0.25) is 14.5 Å². The van der Waals surface area contributed by atoms with Crippen molar-refractivity contribution in [2.24, 2.45) is 0 Å². The molecule has 2 amide bonds. The molecule has 80 valence electrons. The normalized spacial score (nSPS) is 15.5. The minimum atomic E-state index is -0.377. The van der Waals surface area contributed by atoms with E-state index >= 15 is 0 Å². The molecule has 0 aliphatic carbocycles.